The van der Waals surface area contributed by atoms with Crippen LogP contribution in [0.5, 0.6) is 0 Å². The fraction of sp³-hybridized carbons (Fsp3) is 0.353. The summed E-state index contributed by atoms with van der Waals surface area (Å²) in [7, 11) is 0. The van der Waals surface area contributed by atoms with Gasteiger partial charge in [0.05, 0.1) is 12.5 Å². The van der Waals surface area contributed by atoms with E-state index in [1.54, 1.807) is 37.3 Å². The first kappa shape index (κ1) is 15.4. The number of esters is 2. The molecule has 120 valence electrons. The number of carbonyl (C=O) groups excluding carboxylic acids is 3. The molecule has 2 heterocycles. The summed E-state index contributed by atoms with van der Waals surface area (Å²) >= 11 is 0. The highest BCUT2D eigenvalue weighted by molar-refractivity contribution is 6.06. The number of ether oxygens (including phenoxy) is 2. The van der Waals surface area contributed by atoms with E-state index in [0.717, 1.165) is 0 Å². The van der Waals surface area contributed by atoms with Crippen LogP contribution < -0.4 is 0 Å². The summed E-state index contributed by atoms with van der Waals surface area (Å²) in [6.45, 7) is 1.77. The van der Waals surface area contributed by atoms with Gasteiger partial charge in [-0.2, -0.15) is 0 Å². The molecule has 4 atom stereocenters. The van der Waals surface area contributed by atoms with Crippen molar-refractivity contribution in [1.82, 2.24) is 0 Å². The van der Waals surface area contributed by atoms with Crippen molar-refractivity contribution in [3.63, 3.8) is 0 Å². The zero-order valence-corrected chi connectivity index (χ0v) is 12.5. The summed E-state index contributed by atoms with van der Waals surface area (Å²) in [6, 6.07) is 8.24. The molecular weight excluding hydrogens is 300 g/mol. The Hall–Kier alpha value is -2.47. The van der Waals surface area contributed by atoms with Gasteiger partial charge in [-0.15, -0.1) is 0 Å². The predicted octanol–water partition coefficient (Wildman–Crippen LogP) is 0.891. The lowest BCUT2D eigenvalue weighted by atomic mass is 9.66. The van der Waals surface area contributed by atoms with E-state index in [4.69, 9.17) is 9.47 Å². The highest BCUT2D eigenvalue weighted by atomic mass is 16.6. The first-order valence-corrected chi connectivity index (χ1v) is 7.37. The van der Waals surface area contributed by atoms with Crippen molar-refractivity contribution in [2.75, 3.05) is 6.61 Å². The molecule has 1 aliphatic carbocycles. The summed E-state index contributed by atoms with van der Waals surface area (Å²) in [5.41, 5.74) is -1.84. The summed E-state index contributed by atoms with van der Waals surface area (Å²) in [6.07, 6.45) is 1.76. The number of aliphatic hydroxyl groups is 1. The van der Waals surface area contributed by atoms with E-state index >= 15 is 0 Å². The molecule has 4 rings (SSSR count). The number of Topliss-reactive ketones (excluding diaryl/α,β-unsaturated/α-hetero) is 1. The van der Waals surface area contributed by atoms with Crippen LogP contribution in [0.3, 0.4) is 0 Å². The van der Waals surface area contributed by atoms with Crippen LogP contribution in [-0.2, 0) is 19.1 Å². The summed E-state index contributed by atoms with van der Waals surface area (Å²) in [4.78, 5) is 37.1. The Morgan fingerprint density at radius 3 is 2.61 bits per heavy atom. The lowest BCUT2D eigenvalue weighted by Gasteiger charge is -2.45. The van der Waals surface area contributed by atoms with Gasteiger partial charge in [-0.25, -0.2) is 4.79 Å². The molecule has 6 heteroatoms. The number of carbonyl (C=O) groups is 3. The third kappa shape index (κ3) is 2.35. The average molecular weight is 316 g/mol. The number of hydrogen-bond acceptors (Lipinski definition) is 6. The Kier molecular flexibility index (Phi) is 3.77. The van der Waals surface area contributed by atoms with Crippen molar-refractivity contribution >= 4 is 17.7 Å². The molecule has 0 saturated carbocycles. The maximum atomic E-state index is 12.9. The van der Waals surface area contributed by atoms with Gasteiger partial charge in [0, 0.05) is 5.56 Å². The van der Waals surface area contributed by atoms with Crippen molar-refractivity contribution in [2.45, 2.75) is 18.6 Å². The monoisotopic (exact) mass is 316 g/mol. The SMILES string of the molecule is CCOC(=O)C1C2C=CC(O)(C(=O)O2)C1C(=O)c1ccccc1. The number of rotatable bonds is 4. The van der Waals surface area contributed by atoms with Gasteiger partial charge >= 0.3 is 11.9 Å². The molecule has 0 spiro atoms. The van der Waals surface area contributed by atoms with Gasteiger partial charge in [-0.1, -0.05) is 30.3 Å². The standard InChI is InChI=1S/C17H16O6/c1-2-22-15(19)12-11-8-9-17(21,16(20)23-11)13(12)14(18)10-6-4-3-5-7-10/h3-9,11-13,21H,2H2,1H3. The normalized spacial score (nSPS) is 31.6. The zero-order chi connectivity index (χ0) is 16.6. The summed E-state index contributed by atoms with van der Waals surface area (Å²) < 4.78 is 10.1. The number of fused-ring (bicyclic) bond motifs is 2. The quantitative estimate of drug-likeness (QED) is 0.504. The molecule has 4 unspecified atom stereocenters. The second kappa shape index (κ2) is 5.62. The third-order valence-electron chi connectivity index (χ3n) is 4.20. The third-order valence-corrected chi connectivity index (χ3v) is 4.20. The second-order valence-corrected chi connectivity index (χ2v) is 5.54. The maximum absolute atomic E-state index is 12.9. The van der Waals surface area contributed by atoms with E-state index in [2.05, 4.69) is 0 Å². The molecule has 1 N–H and O–H groups in total. The molecular formula is C17H16O6. The number of benzene rings is 1. The van der Waals surface area contributed by atoms with E-state index in [9.17, 15) is 19.5 Å². The largest absolute Gasteiger partial charge is 0.466 e. The van der Waals surface area contributed by atoms with Crippen LogP contribution in [-0.4, -0.2) is 41.1 Å². The van der Waals surface area contributed by atoms with Gasteiger partial charge in [-0.05, 0) is 19.1 Å². The smallest absolute Gasteiger partial charge is 0.343 e. The lowest BCUT2D eigenvalue weighted by Crippen LogP contribution is -2.64. The highest BCUT2D eigenvalue weighted by Gasteiger charge is 2.62. The Bertz CT molecular complexity index is 680. The fourth-order valence-electron chi connectivity index (χ4n) is 3.11. The molecule has 1 aromatic rings. The van der Waals surface area contributed by atoms with Crippen LogP contribution in [0.25, 0.3) is 0 Å². The Morgan fingerprint density at radius 2 is 2.00 bits per heavy atom. The maximum Gasteiger partial charge on any atom is 0.343 e. The molecule has 6 nitrogen and oxygen atoms in total. The molecule has 2 bridgehead atoms. The van der Waals surface area contributed by atoms with E-state index in [0.29, 0.717) is 5.56 Å². The van der Waals surface area contributed by atoms with Gasteiger partial charge in [0.15, 0.2) is 11.4 Å². The van der Waals surface area contributed by atoms with Crippen molar-refractivity contribution < 1.29 is 29.0 Å². The van der Waals surface area contributed by atoms with Crippen molar-refractivity contribution in [3.8, 4) is 0 Å². The average Bonchev–Trinajstić information content (AvgIpc) is 2.55. The van der Waals surface area contributed by atoms with Gasteiger partial charge in [0.2, 0.25) is 0 Å². The van der Waals surface area contributed by atoms with Crippen LogP contribution in [0, 0.1) is 11.8 Å². The molecule has 23 heavy (non-hydrogen) atoms. The minimum absolute atomic E-state index is 0.129. The molecule has 2 aliphatic heterocycles. The first-order chi connectivity index (χ1) is 11.0. The van der Waals surface area contributed by atoms with E-state index in [-0.39, 0.29) is 6.61 Å². The molecule has 3 aliphatic rings. The molecule has 0 amide bonds. The minimum Gasteiger partial charge on any atom is -0.466 e. The van der Waals surface area contributed by atoms with E-state index in [1.165, 1.54) is 12.2 Å². The summed E-state index contributed by atoms with van der Waals surface area (Å²) in [5.74, 6) is -4.39. The molecule has 0 aromatic heterocycles. The van der Waals surface area contributed by atoms with E-state index in [1.807, 2.05) is 0 Å². The van der Waals surface area contributed by atoms with Crippen molar-refractivity contribution in [1.29, 1.82) is 0 Å². The first-order valence-electron chi connectivity index (χ1n) is 7.37. The minimum atomic E-state index is -2.15. The predicted molar refractivity (Wildman–Crippen MR) is 78.4 cm³/mol. The molecule has 1 fully saturated rings. The molecule has 0 radical (unpaired) electrons. The van der Waals surface area contributed by atoms with Crippen LogP contribution >= 0.6 is 0 Å². The fourth-order valence-corrected chi connectivity index (χ4v) is 3.11. The lowest BCUT2D eigenvalue weighted by molar-refractivity contribution is -0.196. The molecule has 1 aromatic carbocycles. The number of hydrogen-bond donors (Lipinski definition) is 1. The van der Waals surface area contributed by atoms with Gasteiger partial charge < -0.3 is 14.6 Å². The van der Waals surface area contributed by atoms with Crippen LogP contribution in [0.15, 0.2) is 42.5 Å². The van der Waals surface area contributed by atoms with Gasteiger partial charge in [-0.3, -0.25) is 9.59 Å². The summed E-state index contributed by atoms with van der Waals surface area (Å²) in [5, 5.41) is 10.7. The molecule has 1 saturated heterocycles. The van der Waals surface area contributed by atoms with Crippen LogP contribution in [0.4, 0.5) is 0 Å². The Balaban J connectivity index is 2.05. The topological polar surface area (TPSA) is 89.9 Å². The van der Waals surface area contributed by atoms with Gasteiger partial charge in [0.25, 0.3) is 0 Å². The van der Waals surface area contributed by atoms with E-state index < -0.39 is 41.3 Å². The van der Waals surface area contributed by atoms with Crippen molar-refractivity contribution in [3.05, 3.63) is 48.0 Å². The Labute approximate surface area is 132 Å². The number of ketones is 1. The van der Waals surface area contributed by atoms with Crippen LogP contribution in [0.2, 0.25) is 0 Å². The van der Waals surface area contributed by atoms with Crippen LogP contribution in [0.1, 0.15) is 17.3 Å². The highest BCUT2D eigenvalue weighted by Crippen LogP contribution is 2.43. The van der Waals surface area contributed by atoms with Crippen molar-refractivity contribution in [2.24, 2.45) is 11.8 Å². The van der Waals surface area contributed by atoms with Gasteiger partial charge in [0.1, 0.15) is 12.0 Å². The zero-order valence-electron chi connectivity index (χ0n) is 12.5. The Morgan fingerprint density at radius 1 is 1.30 bits per heavy atom. The second-order valence-electron chi connectivity index (χ2n) is 5.54.